The lowest BCUT2D eigenvalue weighted by atomic mass is 9.83. The number of hydrogen-bond acceptors (Lipinski definition) is 3. The Labute approximate surface area is 149 Å². The lowest BCUT2D eigenvalue weighted by Gasteiger charge is -2.56. The average Bonchev–Trinajstić information content (AvgIpc) is 2.63. The van der Waals surface area contributed by atoms with Crippen molar-refractivity contribution in [2.45, 2.75) is 63.9 Å². The van der Waals surface area contributed by atoms with E-state index in [1.807, 2.05) is 20.8 Å². The molecule has 0 N–H and O–H groups in total. The fourth-order valence-corrected chi connectivity index (χ4v) is 6.61. The second-order valence-electron chi connectivity index (χ2n) is 6.61. The van der Waals surface area contributed by atoms with Crippen molar-refractivity contribution in [1.82, 2.24) is 0 Å². The number of rotatable bonds is 8. The van der Waals surface area contributed by atoms with E-state index in [0.29, 0.717) is 11.4 Å². The van der Waals surface area contributed by atoms with Gasteiger partial charge in [0.15, 0.2) is 13.9 Å². The van der Waals surface area contributed by atoms with E-state index in [1.165, 1.54) is 14.0 Å². The molecule has 25 heavy (non-hydrogen) atoms. The third-order valence-electron chi connectivity index (χ3n) is 5.44. The predicted octanol–water partition coefficient (Wildman–Crippen LogP) is 4.46. The van der Waals surface area contributed by atoms with Gasteiger partial charge < -0.3 is 9.16 Å². The summed E-state index contributed by atoms with van der Waals surface area (Å²) in [5.41, 5.74) is -1.02. The molecule has 7 heteroatoms. The van der Waals surface area contributed by atoms with Crippen LogP contribution in [0.2, 0.25) is 18.1 Å². The predicted molar refractivity (Wildman–Crippen MR) is 97.0 cm³/mol. The highest BCUT2D eigenvalue weighted by Crippen LogP contribution is 2.44. The molecule has 0 saturated carbocycles. The molecule has 0 spiro atoms. The molecule has 0 aliphatic carbocycles. The van der Waals surface area contributed by atoms with Gasteiger partial charge in [-0.25, -0.2) is 8.78 Å². The summed E-state index contributed by atoms with van der Waals surface area (Å²) in [5.74, 6) is 0.217. The first-order valence-electron chi connectivity index (χ1n) is 8.74. The number of amides is 1. The highest BCUT2D eigenvalue weighted by Gasteiger charge is 2.64. The van der Waals surface area contributed by atoms with E-state index < -0.39 is 32.3 Å². The molecule has 1 saturated heterocycles. The van der Waals surface area contributed by atoms with E-state index in [-0.39, 0.29) is 0 Å². The molecule has 1 aliphatic heterocycles. The molecule has 0 unspecified atom stereocenters. The second kappa shape index (κ2) is 7.41. The Kier molecular flexibility index (Phi) is 5.88. The molecule has 1 fully saturated rings. The summed E-state index contributed by atoms with van der Waals surface area (Å²) in [6.45, 7) is 7.58. The van der Waals surface area contributed by atoms with Gasteiger partial charge in [-0.05, 0) is 49.3 Å². The molecule has 2 rings (SSSR count). The zero-order valence-electron chi connectivity index (χ0n) is 15.5. The number of carbonyl (C=O) groups excluding carboxylic acids is 1. The number of carbonyl (C=O) groups is 1. The van der Waals surface area contributed by atoms with Crippen molar-refractivity contribution in [3.8, 4) is 5.75 Å². The van der Waals surface area contributed by atoms with Gasteiger partial charge in [0.1, 0.15) is 11.8 Å². The van der Waals surface area contributed by atoms with Crippen molar-refractivity contribution in [3.05, 3.63) is 24.3 Å². The fraction of sp³-hybridized carbons (Fsp3) is 0.611. The molecule has 0 aromatic heterocycles. The standard InChI is InChI=1S/C18H27F2NO3Si/c1-6-25(7-2,8-3)24-18(4)15(16(19)20)21(17(18)22)13-9-11-14(23-5)12-10-13/h9-12,15-16H,6-8H2,1-5H3/t15-,18+/m0/s1. The molecule has 1 amide bonds. The Morgan fingerprint density at radius 1 is 1.16 bits per heavy atom. The van der Waals surface area contributed by atoms with Crippen molar-refractivity contribution < 1.29 is 22.7 Å². The van der Waals surface area contributed by atoms with Crippen LogP contribution in [0.4, 0.5) is 14.5 Å². The van der Waals surface area contributed by atoms with Crippen LogP contribution in [0.15, 0.2) is 24.3 Å². The van der Waals surface area contributed by atoms with Gasteiger partial charge in [0.25, 0.3) is 12.3 Å². The van der Waals surface area contributed by atoms with E-state index in [4.69, 9.17) is 9.16 Å². The lowest BCUT2D eigenvalue weighted by molar-refractivity contribution is -0.156. The third-order valence-corrected chi connectivity index (χ3v) is 10.2. The number of halogens is 2. The summed E-state index contributed by atoms with van der Waals surface area (Å²) in [5, 5.41) is 0. The number of benzene rings is 1. The third kappa shape index (κ3) is 3.31. The molecular weight excluding hydrogens is 344 g/mol. The van der Waals surface area contributed by atoms with Crippen LogP contribution in [-0.4, -0.2) is 39.4 Å². The Bertz CT molecular complexity index is 599. The Hall–Kier alpha value is -1.47. The van der Waals surface area contributed by atoms with Crippen molar-refractivity contribution in [2.24, 2.45) is 0 Å². The SMILES string of the molecule is CC[Si](CC)(CC)O[C@@]1(C)C(=O)N(c2ccc(OC)cc2)[C@H]1C(F)F. The Balaban J connectivity index is 2.33. The van der Waals surface area contributed by atoms with Crippen LogP contribution in [-0.2, 0) is 9.22 Å². The van der Waals surface area contributed by atoms with Gasteiger partial charge in [-0.15, -0.1) is 0 Å². The quantitative estimate of drug-likeness (QED) is 0.500. The van der Waals surface area contributed by atoms with E-state index in [1.54, 1.807) is 24.3 Å². The van der Waals surface area contributed by atoms with Gasteiger partial charge in [0.2, 0.25) is 0 Å². The molecule has 1 aromatic rings. The first-order chi connectivity index (χ1) is 11.8. The van der Waals surface area contributed by atoms with Crippen molar-refractivity contribution in [3.63, 3.8) is 0 Å². The van der Waals surface area contributed by atoms with E-state index in [2.05, 4.69) is 0 Å². The molecule has 1 aliphatic rings. The summed E-state index contributed by atoms with van der Waals surface area (Å²) in [6, 6.07) is 7.70. The number of anilines is 1. The lowest BCUT2D eigenvalue weighted by Crippen LogP contribution is -2.78. The average molecular weight is 372 g/mol. The minimum atomic E-state index is -2.68. The highest BCUT2D eigenvalue weighted by molar-refractivity contribution is 6.73. The summed E-state index contributed by atoms with van der Waals surface area (Å²) < 4.78 is 39.0. The first-order valence-corrected chi connectivity index (χ1v) is 11.3. The Morgan fingerprint density at radius 2 is 1.68 bits per heavy atom. The molecule has 2 atom stereocenters. The van der Waals surface area contributed by atoms with Gasteiger partial charge in [-0.1, -0.05) is 20.8 Å². The van der Waals surface area contributed by atoms with Crippen LogP contribution >= 0.6 is 0 Å². The first kappa shape index (κ1) is 19.8. The second-order valence-corrected chi connectivity index (χ2v) is 11.3. The van der Waals surface area contributed by atoms with Crippen LogP contribution in [0.1, 0.15) is 27.7 Å². The van der Waals surface area contributed by atoms with E-state index in [0.717, 1.165) is 23.0 Å². The topological polar surface area (TPSA) is 38.8 Å². The van der Waals surface area contributed by atoms with Crippen LogP contribution in [0.3, 0.4) is 0 Å². The largest absolute Gasteiger partial charge is 0.497 e. The normalized spacial score (nSPS) is 23.8. The van der Waals surface area contributed by atoms with E-state index >= 15 is 0 Å². The summed E-state index contributed by atoms with van der Waals surface area (Å²) in [4.78, 5) is 14.0. The van der Waals surface area contributed by atoms with Gasteiger partial charge in [0.05, 0.1) is 7.11 Å². The van der Waals surface area contributed by atoms with E-state index in [9.17, 15) is 13.6 Å². The maximum Gasteiger partial charge on any atom is 0.262 e. The highest BCUT2D eigenvalue weighted by atomic mass is 28.4. The summed E-state index contributed by atoms with van der Waals surface area (Å²) >= 11 is 0. The zero-order valence-corrected chi connectivity index (χ0v) is 16.5. The molecule has 4 nitrogen and oxygen atoms in total. The van der Waals surface area contributed by atoms with Crippen molar-refractivity contribution in [2.75, 3.05) is 12.0 Å². The number of β-lactam (4-membered cyclic amide) rings is 1. The molecular formula is C18H27F2NO3Si. The zero-order chi connectivity index (χ0) is 18.8. The van der Waals surface area contributed by atoms with Crippen LogP contribution in [0.25, 0.3) is 0 Å². The maximum absolute atomic E-state index is 13.8. The molecule has 140 valence electrons. The van der Waals surface area contributed by atoms with Crippen molar-refractivity contribution in [1.29, 1.82) is 0 Å². The molecule has 0 radical (unpaired) electrons. The number of alkyl halides is 2. The number of hydrogen-bond donors (Lipinski definition) is 0. The maximum atomic E-state index is 13.8. The monoisotopic (exact) mass is 371 g/mol. The minimum absolute atomic E-state index is 0.393. The van der Waals surface area contributed by atoms with Gasteiger partial charge >= 0.3 is 0 Å². The molecule has 1 aromatic carbocycles. The number of methoxy groups -OCH3 is 1. The number of ether oxygens (including phenoxy) is 1. The smallest absolute Gasteiger partial charge is 0.262 e. The number of nitrogens with zero attached hydrogens (tertiary/aromatic N) is 1. The van der Waals surface area contributed by atoms with Crippen LogP contribution < -0.4 is 9.64 Å². The van der Waals surface area contributed by atoms with Gasteiger partial charge in [-0.3, -0.25) is 9.69 Å². The minimum Gasteiger partial charge on any atom is -0.497 e. The summed E-state index contributed by atoms with van der Waals surface area (Å²) in [7, 11) is -0.669. The van der Waals surface area contributed by atoms with Gasteiger partial charge in [0, 0.05) is 5.69 Å². The van der Waals surface area contributed by atoms with Crippen molar-refractivity contribution >= 4 is 19.9 Å². The van der Waals surface area contributed by atoms with Crippen LogP contribution in [0.5, 0.6) is 5.75 Å². The van der Waals surface area contributed by atoms with Gasteiger partial charge in [-0.2, -0.15) is 0 Å². The van der Waals surface area contributed by atoms with Crippen LogP contribution in [0, 0.1) is 0 Å². The summed E-state index contributed by atoms with van der Waals surface area (Å²) in [6.07, 6.45) is -2.68. The molecule has 0 bridgehead atoms. The fourth-order valence-electron chi connectivity index (χ4n) is 3.57. The molecule has 1 heterocycles. The Morgan fingerprint density at radius 3 is 2.08 bits per heavy atom.